The average molecular weight is 354 g/mol. The zero-order valence-corrected chi connectivity index (χ0v) is 15.2. The topological polar surface area (TPSA) is 53.8 Å². The summed E-state index contributed by atoms with van der Waals surface area (Å²) in [6.45, 7) is 4.43. The number of nitrogens with zero attached hydrogens (tertiary/aromatic N) is 2. The Kier molecular flexibility index (Phi) is 5.79. The van der Waals surface area contributed by atoms with E-state index in [1.54, 1.807) is 19.1 Å². The molecule has 0 amide bonds. The number of benzene rings is 1. The lowest BCUT2D eigenvalue weighted by atomic mass is 10.2. The fourth-order valence-corrected chi connectivity index (χ4v) is 3.98. The molecule has 7 heteroatoms. The summed E-state index contributed by atoms with van der Waals surface area (Å²) >= 11 is 0. The number of furan rings is 1. The largest absolute Gasteiger partial charge is 0.465 e. The summed E-state index contributed by atoms with van der Waals surface area (Å²) in [5, 5.41) is 0. The molecule has 0 atom stereocenters. The zero-order valence-electron chi connectivity index (χ0n) is 14.4. The minimum atomic E-state index is -3.75. The van der Waals surface area contributed by atoms with Crippen LogP contribution >= 0.6 is 0 Å². The summed E-state index contributed by atoms with van der Waals surface area (Å²) < 4.78 is 46.3. The molecule has 1 aromatic carbocycles. The van der Waals surface area contributed by atoms with Gasteiger partial charge in [-0.1, -0.05) is 0 Å². The molecule has 0 aliphatic heterocycles. The Morgan fingerprint density at radius 3 is 2.33 bits per heavy atom. The summed E-state index contributed by atoms with van der Waals surface area (Å²) in [5.41, 5.74) is 0.389. The summed E-state index contributed by atoms with van der Waals surface area (Å²) in [4.78, 5) is 2.03. The van der Waals surface area contributed by atoms with Gasteiger partial charge in [0.25, 0.3) is 0 Å². The number of hydrogen-bond acceptors (Lipinski definition) is 4. The van der Waals surface area contributed by atoms with Gasteiger partial charge in [-0.05, 0) is 63.8 Å². The third kappa shape index (κ3) is 4.43. The van der Waals surface area contributed by atoms with Crippen LogP contribution in [-0.2, 0) is 16.6 Å². The maximum Gasteiger partial charge on any atom is 0.243 e. The molecule has 1 heterocycles. The van der Waals surface area contributed by atoms with E-state index >= 15 is 0 Å². The van der Waals surface area contributed by atoms with Crippen LogP contribution in [0, 0.1) is 19.7 Å². The van der Waals surface area contributed by atoms with Gasteiger partial charge >= 0.3 is 0 Å². The fourth-order valence-electron chi connectivity index (χ4n) is 2.38. The highest BCUT2D eigenvalue weighted by atomic mass is 32.2. The predicted molar refractivity (Wildman–Crippen MR) is 90.7 cm³/mol. The molecule has 132 valence electrons. The second kappa shape index (κ2) is 7.46. The van der Waals surface area contributed by atoms with Crippen molar-refractivity contribution in [2.75, 3.05) is 27.2 Å². The summed E-state index contributed by atoms with van der Waals surface area (Å²) in [7, 11) is 0.00678. The van der Waals surface area contributed by atoms with Gasteiger partial charge in [0.2, 0.25) is 10.0 Å². The third-order valence-corrected chi connectivity index (χ3v) is 5.69. The summed E-state index contributed by atoms with van der Waals surface area (Å²) in [5.74, 6) is 0.857. The van der Waals surface area contributed by atoms with E-state index in [1.807, 2.05) is 25.9 Å². The Bertz CT molecular complexity index is 800. The maximum absolute atomic E-state index is 13.3. The molecular formula is C17H23FN2O3S. The molecule has 24 heavy (non-hydrogen) atoms. The van der Waals surface area contributed by atoms with Crippen molar-refractivity contribution in [2.45, 2.75) is 25.3 Å². The van der Waals surface area contributed by atoms with Crippen molar-refractivity contribution >= 4 is 10.0 Å². The van der Waals surface area contributed by atoms with E-state index in [2.05, 4.69) is 0 Å². The molecule has 0 spiro atoms. The van der Waals surface area contributed by atoms with E-state index in [0.29, 0.717) is 24.4 Å². The molecule has 0 bridgehead atoms. The van der Waals surface area contributed by atoms with Crippen molar-refractivity contribution in [3.05, 3.63) is 53.2 Å². The van der Waals surface area contributed by atoms with Gasteiger partial charge in [-0.3, -0.25) is 0 Å². The minimum Gasteiger partial charge on any atom is -0.465 e. The van der Waals surface area contributed by atoms with Crippen LogP contribution in [0.25, 0.3) is 0 Å². The number of aryl methyl sites for hydroxylation is 2. The first kappa shape index (κ1) is 18.6. The van der Waals surface area contributed by atoms with Crippen molar-refractivity contribution in [3.8, 4) is 0 Å². The molecule has 1 aromatic heterocycles. The maximum atomic E-state index is 13.3. The Labute approximate surface area is 142 Å². The van der Waals surface area contributed by atoms with Crippen molar-refractivity contribution < 1.29 is 17.2 Å². The normalized spacial score (nSPS) is 12.3. The first-order valence-electron chi connectivity index (χ1n) is 7.66. The molecular weight excluding hydrogens is 331 g/mol. The van der Waals surface area contributed by atoms with Gasteiger partial charge in [0.15, 0.2) is 0 Å². The standard InChI is InChI=1S/C17H23FN2O3S/c1-13-11-15(18)6-8-17(13)24(21,22)20(10-9-19(3)4)12-16-7-5-14(2)23-16/h5-8,11H,9-10,12H2,1-4H3. The second-order valence-corrected chi connectivity index (χ2v) is 7.97. The van der Waals surface area contributed by atoms with Crippen LogP contribution in [0.15, 0.2) is 39.6 Å². The molecule has 2 rings (SSSR count). The Hall–Kier alpha value is -1.70. The lowest BCUT2D eigenvalue weighted by molar-refractivity contribution is 0.310. The first-order valence-corrected chi connectivity index (χ1v) is 9.10. The molecule has 0 saturated heterocycles. The Morgan fingerprint density at radius 2 is 1.79 bits per heavy atom. The lowest BCUT2D eigenvalue weighted by Gasteiger charge is -2.24. The van der Waals surface area contributed by atoms with Crippen molar-refractivity contribution in [2.24, 2.45) is 0 Å². The molecule has 5 nitrogen and oxygen atoms in total. The van der Waals surface area contributed by atoms with Crippen LogP contribution in [0.5, 0.6) is 0 Å². The van der Waals surface area contributed by atoms with E-state index in [9.17, 15) is 12.8 Å². The molecule has 0 aliphatic rings. The smallest absolute Gasteiger partial charge is 0.243 e. The van der Waals surface area contributed by atoms with Gasteiger partial charge in [-0.25, -0.2) is 12.8 Å². The summed E-state index contributed by atoms with van der Waals surface area (Å²) in [6.07, 6.45) is 0. The van der Waals surface area contributed by atoms with Crippen molar-refractivity contribution in [1.82, 2.24) is 9.21 Å². The van der Waals surface area contributed by atoms with Gasteiger partial charge in [0.1, 0.15) is 17.3 Å². The molecule has 0 unspecified atom stereocenters. The van der Waals surface area contributed by atoms with E-state index in [0.717, 1.165) is 5.76 Å². The fraction of sp³-hybridized carbons (Fsp3) is 0.412. The van der Waals surface area contributed by atoms with Crippen LogP contribution in [0.4, 0.5) is 4.39 Å². The van der Waals surface area contributed by atoms with Gasteiger partial charge in [0, 0.05) is 13.1 Å². The monoisotopic (exact) mass is 354 g/mol. The summed E-state index contributed by atoms with van der Waals surface area (Å²) in [6, 6.07) is 7.28. The molecule has 0 fully saturated rings. The van der Waals surface area contributed by atoms with Crippen LogP contribution < -0.4 is 0 Å². The van der Waals surface area contributed by atoms with Crippen LogP contribution in [0.1, 0.15) is 17.1 Å². The zero-order chi connectivity index (χ0) is 17.9. The van der Waals surface area contributed by atoms with Gasteiger partial charge in [-0.2, -0.15) is 4.31 Å². The molecule has 0 saturated carbocycles. The number of halogens is 1. The van der Waals surface area contributed by atoms with Gasteiger partial charge in [-0.15, -0.1) is 0 Å². The number of hydrogen-bond donors (Lipinski definition) is 0. The average Bonchev–Trinajstić information content (AvgIpc) is 2.88. The third-order valence-electron chi connectivity index (χ3n) is 3.68. The molecule has 0 radical (unpaired) electrons. The Balaban J connectivity index is 2.36. The van der Waals surface area contributed by atoms with E-state index in [-0.39, 0.29) is 11.4 Å². The van der Waals surface area contributed by atoms with E-state index in [1.165, 1.54) is 22.5 Å². The molecule has 2 aromatic rings. The highest BCUT2D eigenvalue weighted by molar-refractivity contribution is 7.89. The lowest BCUT2D eigenvalue weighted by Crippen LogP contribution is -2.36. The second-order valence-electron chi connectivity index (χ2n) is 6.06. The SMILES string of the molecule is Cc1ccc(CN(CCN(C)C)S(=O)(=O)c2ccc(F)cc2C)o1. The minimum absolute atomic E-state index is 0.117. The highest BCUT2D eigenvalue weighted by Crippen LogP contribution is 2.23. The predicted octanol–water partition coefficient (Wildman–Crippen LogP) is 2.79. The quantitative estimate of drug-likeness (QED) is 0.767. The molecule has 0 aliphatic carbocycles. The van der Waals surface area contributed by atoms with Crippen molar-refractivity contribution in [1.29, 1.82) is 0 Å². The first-order chi connectivity index (χ1) is 11.2. The van der Waals surface area contributed by atoms with Gasteiger partial charge < -0.3 is 9.32 Å². The van der Waals surface area contributed by atoms with Gasteiger partial charge in [0.05, 0.1) is 11.4 Å². The number of sulfonamides is 1. The molecule has 0 N–H and O–H groups in total. The van der Waals surface area contributed by atoms with Crippen LogP contribution in [0.3, 0.4) is 0 Å². The van der Waals surface area contributed by atoms with Crippen molar-refractivity contribution in [3.63, 3.8) is 0 Å². The van der Waals surface area contributed by atoms with Crippen LogP contribution in [0.2, 0.25) is 0 Å². The Morgan fingerprint density at radius 1 is 1.08 bits per heavy atom. The van der Waals surface area contributed by atoms with Crippen LogP contribution in [-0.4, -0.2) is 44.8 Å². The highest BCUT2D eigenvalue weighted by Gasteiger charge is 2.27. The number of likely N-dealkylation sites (N-methyl/N-ethyl adjacent to an activating group) is 1. The van der Waals surface area contributed by atoms with E-state index < -0.39 is 15.8 Å². The number of rotatable bonds is 7. The van der Waals surface area contributed by atoms with E-state index in [4.69, 9.17) is 4.42 Å².